The van der Waals surface area contributed by atoms with Crippen molar-refractivity contribution in [2.75, 3.05) is 26.2 Å². The molecule has 3 amide bonds. The van der Waals surface area contributed by atoms with Crippen LogP contribution in [0, 0.1) is 5.82 Å². The number of benzene rings is 3. The van der Waals surface area contributed by atoms with E-state index in [0.717, 1.165) is 41.6 Å². The van der Waals surface area contributed by atoms with Crippen molar-refractivity contribution in [3.05, 3.63) is 131 Å². The van der Waals surface area contributed by atoms with Gasteiger partial charge in [-0.05, 0) is 72.9 Å². The number of halogens is 4. The largest absolute Gasteiger partial charge is 0.465 e. The molecule has 1 atom stereocenters. The van der Waals surface area contributed by atoms with Gasteiger partial charge in [-0.3, -0.25) is 19.2 Å². The Bertz CT molecular complexity index is 2300. The van der Waals surface area contributed by atoms with Crippen LogP contribution in [0.15, 0.2) is 97.2 Å². The number of aryl methyl sites for hydroxylation is 1. The second-order valence-corrected chi connectivity index (χ2v) is 15.2. The molecule has 3 N–H and O–H groups in total. The molecule has 12 nitrogen and oxygen atoms in total. The van der Waals surface area contributed by atoms with Crippen molar-refractivity contribution in [1.29, 1.82) is 0 Å². The summed E-state index contributed by atoms with van der Waals surface area (Å²) >= 11 is 0. The van der Waals surface area contributed by atoms with Gasteiger partial charge in [0.1, 0.15) is 22.8 Å². The predicted octanol–water partition coefficient (Wildman–Crippen LogP) is 7.35. The maximum Gasteiger partial charge on any atom is 0.433 e. The molecular formula is C44H45F4N7O5. The summed E-state index contributed by atoms with van der Waals surface area (Å²) in [6.07, 6.45) is -1.73. The second-order valence-electron chi connectivity index (χ2n) is 15.2. The SMILES string of the molecule is Cn1nc(C(=O)NC2CCC(NC(=O)c3cc(F)cnc3Oc3cc(-c4ccccc4)ccc3CCN3CCN(C(=O)O)C(Cc4ccccc4)C3)CC2)cc1C(F)(F)F. The summed E-state index contributed by atoms with van der Waals surface area (Å²) in [5.41, 5.74) is 2.18. The molecule has 1 aliphatic heterocycles. The average molecular weight is 828 g/mol. The zero-order valence-corrected chi connectivity index (χ0v) is 32.9. The van der Waals surface area contributed by atoms with Crippen molar-refractivity contribution in [1.82, 2.24) is 35.2 Å². The summed E-state index contributed by atoms with van der Waals surface area (Å²) < 4.78 is 61.4. The highest BCUT2D eigenvalue weighted by atomic mass is 19.4. The number of nitrogens with one attached hydrogen (secondary N) is 2. The Morgan fingerprint density at radius 2 is 1.52 bits per heavy atom. The van der Waals surface area contributed by atoms with Gasteiger partial charge in [-0.1, -0.05) is 72.8 Å². The number of aromatic nitrogens is 3. The minimum Gasteiger partial charge on any atom is -0.465 e. The van der Waals surface area contributed by atoms with Crippen LogP contribution in [0.3, 0.4) is 0 Å². The van der Waals surface area contributed by atoms with Gasteiger partial charge in [0.25, 0.3) is 11.8 Å². The molecule has 2 fully saturated rings. The lowest BCUT2D eigenvalue weighted by atomic mass is 9.91. The number of amides is 3. The summed E-state index contributed by atoms with van der Waals surface area (Å²) in [5.74, 6) is -1.70. The molecule has 3 heterocycles. The quantitative estimate of drug-likeness (QED) is 0.111. The van der Waals surface area contributed by atoms with Gasteiger partial charge in [0, 0.05) is 51.4 Å². The molecule has 1 saturated heterocycles. The average Bonchev–Trinajstić information content (AvgIpc) is 3.65. The van der Waals surface area contributed by atoms with Gasteiger partial charge in [-0.25, -0.2) is 14.2 Å². The number of nitrogens with zero attached hydrogens (tertiary/aromatic N) is 5. The summed E-state index contributed by atoms with van der Waals surface area (Å²) in [6, 6.07) is 26.2. The Morgan fingerprint density at radius 3 is 2.17 bits per heavy atom. The van der Waals surface area contributed by atoms with E-state index >= 15 is 0 Å². The minimum absolute atomic E-state index is 0.0899. The fourth-order valence-corrected chi connectivity index (χ4v) is 7.90. The van der Waals surface area contributed by atoms with E-state index in [0.29, 0.717) is 81.2 Å². The van der Waals surface area contributed by atoms with Crippen LogP contribution in [0.1, 0.15) is 63.4 Å². The third kappa shape index (κ3) is 10.3. The molecule has 0 bridgehead atoms. The molecule has 2 aromatic heterocycles. The number of carboxylic acid groups (broad SMARTS) is 1. The Labute approximate surface area is 344 Å². The second kappa shape index (κ2) is 18.3. The fourth-order valence-electron chi connectivity index (χ4n) is 7.90. The molecule has 0 spiro atoms. The standard InChI is InChI=1S/C44H45F4N7O5/c1-53-39(44(46,47)48)25-37(52-53)41(57)51-34-16-14-33(15-17-34)50-40(56)36-24-32(45)26-49-42(36)60-38-23-31(29-10-6-3-7-11-29)13-12-30(38)18-19-54-20-21-55(43(58)59)35(27-54)22-28-8-4-2-5-9-28/h2-13,23-26,33-35H,14-22,27H2,1H3,(H,50,56)(H,51,57)(H,58,59). The first-order valence-electron chi connectivity index (χ1n) is 19.8. The molecule has 16 heteroatoms. The van der Waals surface area contributed by atoms with E-state index in [9.17, 15) is 37.1 Å². The Hall–Kier alpha value is -6.29. The monoisotopic (exact) mass is 827 g/mol. The summed E-state index contributed by atoms with van der Waals surface area (Å²) in [4.78, 5) is 46.5. The molecule has 5 aromatic rings. The highest BCUT2D eigenvalue weighted by Crippen LogP contribution is 2.33. The zero-order chi connectivity index (χ0) is 42.4. The van der Waals surface area contributed by atoms with Crippen molar-refractivity contribution in [3.63, 3.8) is 0 Å². The summed E-state index contributed by atoms with van der Waals surface area (Å²) in [7, 11) is 1.12. The third-order valence-electron chi connectivity index (χ3n) is 11.1. The van der Waals surface area contributed by atoms with Crippen LogP contribution in [0.4, 0.5) is 22.4 Å². The molecule has 0 radical (unpaired) electrons. The lowest BCUT2D eigenvalue weighted by molar-refractivity contribution is -0.143. The van der Waals surface area contributed by atoms with Crippen LogP contribution in [0.5, 0.6) is 11.6 Å². The molecular weight excluding hydrogens is 783 g/mol. The van der Waals surface area contributed by atoms with Crippen molar-refractivity contribution >= 4 is 17.9 Å². The van der Waals surface area contributed by atoms with Gasteiger partial charge >= 0.3 is 12.3 Å². The van der Waals surface area contributed by atoms with E-state index in [1.54, 1.807) is 0 Å². The number of hydrogen-bond acceptors (Lipinski definition) is 7. The Balaban J connectivity index is 1.03. The maximum absolute atomic E-state index is 14.7. The maximum atomic E-state index is 14.7. The molecule has 3 aromatic carbocycles. The van der Waals surface area contributed by atoms with Gasteiger partial charge in [-0.15, -0.1) is 0 Å². The Kier molecular flexibility index (Phi) is 12.8. The minimum atomic E-state index is -4.65. The van der Waals surface area contributed by atoms with E-state index in [-0.39, 0.29) is 35.3 Å². The normalized spacial score (nSPS) is 18.5. The van der Waals surface area contributed by atoms with Crippen LogP contribution >= 0.6 is 0 Å². The number of ether oxygens (including phenoxy) is 1. The first kappa shape index (κ1) is 41.9. The number of piperazine rings is 1. The van der Waals surface area contributed by atoms with Crippen molar-refractivity contribution in [3.8, 4) is 22.8 Å². The number of pyridine rings is 1. The lowest BCUT2D eigenvalue weighted by Crippen LogP contribution is -2.55. The van der Waals surface area contributed by atoms with Gasteiger partial charge in [0.2, 0.25) is 5.88 Å². The summed E-state index contributed by atoms with van der Waals surface area (Å²) in [5, 5.41) is 19.3. The molecule has 1 saturated carbocycles. The van der Waals surface area contributed by atoms with E-state index in [1.807, 2.05) is 78.9 Å². The highest BCUT2D eigenvalue weighted by Gasteiger charge is 2.36. The number of carbonyl (C=O) groups is 3. The molecule has 7 rings (SSSR count). The number of rotatable bonds is 12. The van der Waals surface area contributed by atoms with Gasteiger partial charge in [-0.2, -0.15) is 18.3 Å². The highest BCUT2D eigenvalue weighted by molar-refractivity contribution is 5.96. The molecule has 60 heavy (non-hydrogen) atoms. The number of carbonyl (C=O) groups excluding carboxylic acids is 2. The topological polar surface area (TPSA) is 142 Å². The van der Waals surface area contributed by atoms with E-state index in [1.165, 1.54) is 4.90 Å². The first-order chi connectivity index (χ1) is 28.8. The van der Waals surface area contributed by atoms with Gasteiger partial charge in [0.05, 0.1) is 12.2 Å². The summed E-state index contributed by atoms with van der Waals surface area (Å²) in [6.45, 7) is 2.07. The van der Waals surface area contributed by atoms with Crippen LogP contribution in [-0.2, 0) is 26.1 Å². The van der Waals surface area contributed by atoms with E-state index in [2.05, 4.69) is 25.6 Å². The number of hydrogen-bond donors (Lipinski definition) is 3. The van der Waals surface area contributed by atoms with E-state index < -0.39 is 35.6 Å². The van der Waals surface area contributed by atoms with Gasteiger partial charge in [0.15, 0.2) is 5.69 Å². The predicted molar refractivity (Wildman–Crippen MR) is 214 cm³/mol. The van der Waals surface area contributed by atoms with Crippen molar-refractivity contribution in [2.24, 2.45) is 7.05 Å². The van der Waals surface area contributed by atoms with Crippen LogP contribution in [-0.4, -0.2) is 91.9 Å². The molecule has 314 valence electrons. The van der Waals surface area contributed by atoms with E-state index in [4.69, 9.17) is 4.74 Å². The van der Waals surface area contributed by atoms with Crippen molar-refractivity contribution < 1.29 is 41.8 Å². The van der Waals surface area contributed by atoms with Crippen LogP contribution in [0.25, 0.3) is 11.1 Å². The zero-order valence-electron chi connectivity index (χ0n) is 32.9. The molecule has 2 aliphatic rings. The Morgan fingerprint density at radius 1 is 0.850 bits per heavy atom. The molecule has 1 aliphatic carbocycles. The smallest absolute Gasteiger partial charge is 0.433 e. The third-order valence-corrected chi connectivity index (χ3v) is 11.1. The number of alkyl halides is 3. The molecule has 1 unspecified atom stereocenters. The van der Waals surface area contributed by atoms with Gasteiger partial charge < -0.3 is 25.4 Å². The lowest BCUT2D eigenvalue weighted by Gasteiger charge is -2.40. The van der Waals surface area contributed by atoms with Crippen molar-refractivity contribution in [2.45, 2.75) is 62.8 Å². The fraction of sp³-hybridized carbons (Fsp3) is 0.341. The first-order valence-corrected chi connectivity index (χ1v) is 19.8. The van der Waals surface area contributed by atoms with Crippen LogP contribution < -0.4 is 15.4 Å². The van der Waals surface area contributed by atoms with Crippen LogP contribution in [0.2, 0.25) is 0 Å².